The van der Waals surface area contributed by atoms with E-state index in [2.05, 4.69) is 11.4 Å². The number of nitrogens with zero attached hydrogens (tertiary/aromatic N) is 1. The van der Waals surface area contributed by atoms with E-state index in [1.165, 1.54) is 23.3 Å². The summed E-state index contributed by atoms with van der Waals surface area (Å²) in [6, 6.07) is 13.5. The van der Waals surface area contributed by atoms with Crippen LogP contribution in [-0.2, 0) is 10.0 Å². The van der Waals surface area contributed by atoms with Crippen LogP contribution in [0.25, 0.3) is 0 Å². The number of carbonyl (C=O) groups excluding carboxylic acids is 1. The van der Waals surface area contributed by atoms with Gasteiger partial charge in [-0.15, -0.1) is 0 Å². The molecular weight excluding hydrogens is 372 g/mol. The maximum Gasteiger partial charge on any atom is 0.264 e. The Kier molecular flexibility index (Phi) is 6.19. The van der Waals surface area contributed by atoms with E-state index in [0.29, 0.717) is 17.8 Å². The van der Waals surface area contributed by atoms with Gasteiger partial charge in [-0.3, -0.25) is 9.10 Å². The van der Waals surface area contributed by atoms with Crippen molar-refractivity contribution in [3.63, 3.8) is 0 Å². The number of amides is 1. The molecule has 1 aliphatic rings. The molecule has 0 aliphatic heterocycles. The summed E-state index contributed by atoms with van der Waals surface area (Å²) in [7, 11) is -2.28. The maximum atomic E-state index is 13.0. The maximum absolute atomic E-state index is 13.0. The number of nitrogens with one attached hydrogen (secondary N) is 1. The van der Waals surface area contributed by atoms with Gasteiger partial charge >= 0.3 is 0 Å². The van der Waals surface area contributed by atoms with E-state index < -0.39 is 10.0 Å². The van der Waals surface area contributed by atoms with Crippen LogP contribution in [0, 0.1) is 6.92 Å². The van der Waals surface area contributed by atoms with Crippen LogP contribution in [0.3, 0.4) is 0 Å². The van der Waals surface area contributed by atoms with Gasteiger partial charge in [0.1, 0.15) is 0 Å². The average Bonchev–Trinajstić information content (AvgIpc) is 2.72. The van der Waals surface area contributed by atoms with Crippen LogP contribution in [0.2, 0.25) is 0 Å². The topological polar surface area (TPSA) is 66.5 Å². The lowest BCUT2D eigenvalue weighted by molar-refractivity contribution is 0.0957. The van der Waals surface area contributed by atoms with Crippen LogP contribution in [0.5, 0.6) is 0 Å². The first kappa shape index (κ1) is 20.1. The van der Waals surface area contributed by atoms with E-state index in [-0.39, 0.29) is 10.8 Å². The fraction of sp³-hybridized carbons (Fsp3) is 0.318. The molecule has 1 aliphatic carbocycles. The molecule has 1 amide bonds. The zero-order valence-corrected chi connectivity index (χ0v) is 17.1. The summed E-state index contributed by atoms with van der Waals surface area (Å²) in [5, 5.41) is 2.93. The summed E-state index contributed by atoms with van der Waals surface area (Å²) in [6.07, 6.45) is 6.59. The SMILES string of the molecule is Cc1ccc(S(=O)(=O)N(C)c2ccccc2C(=O)NCC2=CCCCC2)cc1. The van der Waals surface area contributed by atoms with E-state index in [4.69, 9.17) is 0 Å². The summed E-state index contributed by atoms with van der Waals surface area (Å²) in [4.78, 5) is 13.0. The summed E-state index contributed by atoms with van der Waals surface area (Å²) in [5.41, 5.74) is 2.92. The van der Waals surface area contributed by atoms with Gasteiger partial charge in [-0.2, -0.15) is 0 Å². The molecular formula is C22H26N2O3S. The lowest BCUT2D eigenvalue weighted by Crippen LogP contribution is -2.31. The van der Waals surface area contributed by atoms with E-state index in [1.54, 1.807) is 48.5 Å². The Morgan fingerprint density at radius 3 is 2.46 bits per heavy atom. The zero-order chi connectivity index (χ0) is 20.1. The molecule has 0 fully saturated rings. The molecule has 6 heteroatoms. The lowest BCUT2D eigenvalue weighted by atomic mass is 9.99. The number of aryl methyl sites for hydroxylation is 1. The fourth-order valence-corrected chi connectivity index (χ4v) is 4.51. The number of para-hydroxylation sites is 1. The van der Waals surface area contributed by atoms with Crippen molar-refractivity contribution in [3.05, 3.63) is 71.3 Å². The molecule has 0 unspecified atom stereocenters. The third-order valence-electron chi connectivity index (χ3n) is 5.03. The Morgan fingerprint density at radius 2 is 1.79 bits per heavy atom. The van der Waals surface area contributed by atoms with Gasteiger partial charge in [0.15, 0.2) is 0 Å². The first-order chi connectivity index (χ1) is 13.4. The molecule has 0 saturated heterocycles. The summed E-state index contributed by atoms with van der Waals surface area (Å²) >= 11 is 0. The molecule has 0 atom stereocenters. The minimum absolute atomic E-state index is 0.197. The van der Waals surface area contributed by atoms with Gasteiger partial charge in [-0.1, -0.05) is 41.5 Å². The number of benzene rings is 2. The molecule has 1 N–H and O–H groups in total. The molecule has 3 rings (SSSR count). The third kappa shape index (κ3) is 4.44. The lowest BCUT2D eigenvalue weighted by Gasteiger charge is -2.22. The van der Waals surface area contributed by atoms with Crippen molar-refractivity contribution >= 4 is 21.6 Å². The van der Waals surface area contributed by atoms with Gasteiger partial charge in [0.25, 0.3) is 15.9 Å². The highest BCUT2D eigenvalue weighted by molar-refractivity contribution is 7.92. The highest BCUT2D eigenvalue weighted by Crippen LogP contribution is 2.26. The highest BCUT2D eigenvalue weighted by Gasteiger charge is 2.25. The highest BCUT2D eigenvalue weighted by atomic mass is 32.2. The van der Waals surface area contributed by atoms with Crippen LogP contribution in [0.15, 0.2) is 65.1 Å². The minimum Gasteiger partial charge on any atom is -0.348 e. The Hall–Kier alpha value is -2.60. The van der Waals surface area contributed by atoms with E-state index >= 15 is 0 Å². The van der Waals surface area contributed by atoms with E-state index in [0.717, 1.165) is 24.8 Å². The van der Waals surface area contributed by atoms with Crippen LogP contribution < -0.4 is 9.62 Å². The van der Waals surface area contributed by atoms with Gasteiger partial charge in [-0.05, 0) is 56.9 Å². The summed E-state index contributed by atoms with van der Waals surface area (Å²) < 4.78 is 27.2. The third-order valence-corrected chi connectivity index (χ3v) is 6.81. The number of sulfonamides is 1. The molecule has 0 heterocycles. The van der Waals surface area contributed by atoms with E-state index in [9.17, 15) is 13.2 Å². The molecule has 0 aromatic heterocycles. The van der Waals surface area contributed by atoms with E-state index in [1.807, 2.05) is 6.92 Å². The van der Waals surface area contributed by atoms with Crippen LogP contribution in [0.4, 0.5) is 5.69 Å². The monoisotopic (exact) mass is 398 g/mol. The standard InChI is InChI=1S/C22H26N2O3S/c1-17-12-14-19(15-13-17)28(26,27)24(2)21-11-7-6-10-20(21)22(25)23-16-18-8-4-3-5-9-18/h6-8,10-15H,3-5,9,16H2,1-2H3,(H,23,25). The fourth-order valence-electron chi connectivity index (χ4n) is 3.29. The predicted octanol–water partition coefficient (Wildman–Crippen LogP) is 4.05. The van der Waals surface area contributed by atoms with Crippen molar-refractivity contribution in [1.82, 2.24) is 5.32 Å². The number of hydrogen-bond donors (Lipinski definition) is 1. The Balaban J connectivity index is 1.83. The second-order valence-electron chi connectivity index (χ2n) is 7.09. The van der Waals surface area contributed by atoms with Crippen LogP contribution >= 0.6 is 0 Å². The molecule has 0 radical (unpaired) electrons. The predicted molar refractivity (Wildman–Crippen MR) is 112 cm³/mol. The zero-order valence-electron chi connectivity index (χ0n) is 16.3. The van der Waals surface area contributed by atoms with Gasteiger partial charge in [0.2, 0.25) is 0 Å². The van der Waals surface area contributed by atoms with Crippen LogP contribution in [-0.4, -0.2) is 27.9 Å². The van der Waals surface area contributed by atoms with Gasteiger partial charge < -0.3 is 5.32 Å². The van der Waals surface area contributed by atoms with Gasteiger partial charge in [0.05, 0.1) is 16.1 Å². The molecule has 0 spiro atoms. The Morgan fingerprint density at radius 1 is 1.07 bits per heavy atom. The first-order valence-corrected chi connectivity index (χ1v) is 10.9. The Labute approximate surface area is 167 Å². The van der Waals surface area contributed by atoms with Crippen LogP contribution in [0.1, 0.15) is 41.6 Å². The van der Waals surface area contributed by atoms with Crippen molar-refractivity contribution in [3.8, 4) is 0 Å². The van der Waals surface area contributed by atoms with Crippen molar-refractivity contribution in [1.29, 1.82) is 0 Å². The van der Waals surface area contributed by atoms with Crippen molar-refractivity contribution in [2.45, 2.75) is 37.5 Å². The smallest absolute Gasteiger partial charge is 0.264 e. The first-order valence-electron chi connectivity index (χ1n) is 9.50. The van der Waals surface area contributed by atoms with Gasteiger partial charge in [0, 0.05) is 13.6 Å². The van der Waals surface area contributed by atoms with Crippen molar-refractivity contribution in [2.75, 3.05) is 17.9 Å². The molecule has 28 heavy (non-hydrogen) atoms. The second kappa shape index (κ2) is 8.61. The molecule has 2 aromatic carbocycles. The Bertz CT molecular complexity index is 979. The normalized spacial score (nSPS) is 14.3. The second-order valence-corrected chi connectivity index (χ2v) is 9.06. The number of allylic oxidation sites excluding steroid dienone is 1. The average molecular weight is 399 g/mol. The number of hydrogen-bond acceptors (Lipinski definition) is 3. The summed E-state index contributed by atoms with van der Waals surface area (Å²) in [5.74, 6) is -0.270. The molecule has 2 aromatic rings. The minimum atomic E-state index is -3.76. The number of rotatable bonds is 6. The summed E-state index contributed by atoms with van der Waals surface area (Å²) in [6.45, 7) is 2.41. The molecule has 5 nitrogen and oxygen atoms in total. The molecule has 0 bridgehead atoms. The van der Waals surface area contributed by atoms with Crippen molar-refractivity contribution in [2.24, 2.45) is 0 Å². The molecule has 0 saturated carbocycles. The van der Waals surface area contributed by atoms with Gasteiger partial charge in [-0.25, -0.2) is 8.42 Å². The largest absolute Gasteiger partial charge is 0.348 e. The quantitative estimate of drug-likeness (QED) is 0.747. The number of carbonyl (C=O) groups is 1. The number of anilines is 1. The van der Waals surface area contributed by atoms with Crippen molar-refractivity contribution < 1.29 is 13.2 Å². The molecule has 148 valence electrons.